The molecule has 3 rings (SSSR count). The Kier molecular flexibility index (Phi) is 5.64. The van der Waals surface area contributed by atoms with Crippen LogP contribution >= 0.6 is 0 Å². The fraction of sp³-hybridized carbons (Fsp3) is 0.391. The van der Waals surface area contributed by atoms with Gasteiger partial charge in [-0.3, -0.25) is 14.5 Å². The van der Waals surface area contributed by atoms with Gasteiger partial charge in [0.2, 0.25) is 0 Å². The molecule has 0 radical (unpaired) electrons. The molecule has 0 saturated carbocycles. The quantitative estimate of drug-likeness (QED) is 0.663. The third-order valence-corrected chi connectivity index (χ3v) is 5.03. The molecule has 1 heterocycles. The number of benzene rings is 2. The lowest BCUT2D eigenvalue weighted by molar-refractivity contribution is -0.128. The highest BCUT2D eigenvalue weighted by molar-refractivity contribution is 6.03. The van der Waals surface area contributed by atoms with Crippen molar-refractivity contribution in [3.05, 3.63) is 59.7 Å². The Hall–Kier alpha value is -2.62. The average molecular weight is 365 g/mol. The van der Waals surface area contributed by atoms with E-state index in [1.807, 2.05) is 64.1 Å². The van der Waals surface area contributed by atoms with Gasteiger partial charge in [-0.05, 0) is 43.0 Å². The predicted molar refractivity (Wildman–Crippen MR) is 107 cm³/mol. The van der Waals surface area contributed by atoms with Gasteiger partial charge in [0, 0.05) is 12.0 Å². The van der Waals surface area contributed by atoms with Gasteiger partial charge in [0.15, 0.2) is 11.9 Å². The zero-order valence-electron chi connectivity index (χ0n) is 16.4. The van der Waals surface area contributed by atoms with Crippen LogP contribution in [0.4, 0.5) is 5.69 Å². The summed E-state index contributed by atoms with van der Waals surface area (Å²) in [5, 5.41) is 0. The number of fused-ring (bicyclic) bond motifs is 1. The van der Waals surface area contributed by atoms with Crippen LogP contribution in [0.15, 0.2) is 48.5 Å². The predicted octanol–water partition coefficient (Wildman–Crippen LogP) is 5.18. The number of Topliss-reactive ketones (excluding diaryl/α,β-unsaturated/α-hetero) is 1. The summed E-state index contributed by atoms with van der Waals surface area (Å²) >= 11 is 0. The molecule has 27 heavy (non-hydrogen) atoms. The highest BCUT2D eigenvalue weighted by atomic mass is 16.5. The number of hydrogen-bond donors (Lipinski definition) is 0. The summed E-state index contributed by atoms with van der Waals surface area (Å²) in [4.78, 5) is 27.4. The number of rotatable bonds is 6. The minimum absolute atomic E-state index is 0.0533. The largest absolute Gasteiger partial charge is 0.478 e. The van der Waals surface area contributed by atoms with E-state index in [2.05, 4.69) is 0 Å². The van der Waals surface area contributed by atoms with E-state index in [4.69, 9.17) is 4.74 Å². The number of amides is 1. The van der Waals surface area contributed by atoms with Crippen LogP contribution in [-0.2, 0) is 4.79 Å². The molecule has 2 atom stereocenters. The molecule has 4 nitrogen and oxygen atoms in total. The van der Waals surface area contributed by atoms with Gasteiger partial charge in [0.1, 0.15) is 5.75 Å². The number of nitrogens with zero attached hydrogens (tertiary/aromatic N) is 1. The zero-order chi connectivity index (χ0) is 19.6. The Morgan fingerprint density at radius 1 is 1.11 bits per heavy atom. The van der Waals surface area contributed by atoms with Crippen molar-refractivity contribution in [2.24, 2.45) is 5.92 Å². The van der Waals surface area contributed by atoms with Crippen LogP contribution in [0.5, 0.6) is 5.75 Å². The van der Waals surface area contributed by atoms with Crippen LogP contribution < -0.4 is 9.64 Å². The zero-order valence-corrected chi connectivity index (χ0v) is 16.4. The summed E-state index contributed by atoms with van der Waals surface area (Å²) in [6, 6.07) is 15.2. The second-order valence-electron chi connectivity index (χ2n) is 7.43. The second-order valence-corrected chi connectivity index (χ2v) is 7.43. The summed E-state index contributed by atoms with van der Waals surface area (Å²) in [6.45, 7) is 7.97. The summed E-state index contributed by atoms with van der Waals surface area (Å²) in [6.07, 6.45) is 0.766. The van der Waals surface area contributed by atoms with Crippen LogP contribution in [0.2, 0.25) is 0 Å². The molecule has 0 fully saturated rings. The van der Waals surface area contributed by atoms with Crippen molar-refractivity contribution in [3.63, 3.8) is 0 Å². The van der Waals surface area contributed by atoms with Crippen molar-refractivity contribution in [1.82, 2.24) is 0 Å². The maximum atomic E-state index is 13.3. The molecule has 1 aliphatic rings. The molecule has 0 bridgehead atoms. The first kappa shape index (κ1) is 19.2. The van der Waals surface area contributed by atoms with E-state index in [9.17, 15) is 9.59 Å². The van der Waals surface area contributed by atoms with Gasteiger partial charge in [-0.2, -0.15) is 0 Å². The van der Waals surface area contributed by atoms with Gasteiger partial charge in [-0.15, -0.1) is 0 Å². The summed E-state index contributed by atoms with van der Waals surface area (Å²) in [5.41, 5.74) is 2.35. The van der Waals surface area contributed by atoms with Crippen molar-refractivity contribution < 1.29 is 14.3 Å². The van der Waals surface area contributed by atoms with E-state index >= 15 is 0 Å². The Morgan fingerprint density at radius 3 is 2.44 bits per heavy atom. The molecule has 0 saturated heterocycles. The fourth-order valence-electron chi connectivity index (χ4n) is 3.49. The first-order valence-corrected chi connectivity index (χ1v) is 9.66. The number of anilines is 1. The van der Waals surface area contributed by atoms with Crippen molar-refractivity contribution in [2.45, 2.75) is 52.7 Å². The van der Waals surface area contributed by atoms with E-state index in [1.54, 1.807) is 17.0 Å². The molecule has 2 aromatic rings. The number of ketones is 1. The molecule has 1 aliphatic heterocycles. The SMILES string of the molecule is CCCC(=O)c1ccc2c(c1)N(C(C)c1ccccc1)C(=O)C(C(C)C)O2. The fourth-order valence-corrected chi connectivity index (χ4v) is 3.49. The number of carbonyl (C=O) groups excluding carboxylic acids is 2. The third-order valence-electron chi connectivity index (χ3n) is 5.03. The molecule has 4 heteroatoms. The van der Waals surface area contributed by atoms with Crippen molar-refractivity contribution in [2.75, 3.05) is 4.90 Å². The molecule has 0 aliphatic carbocycles. The van der Waals surface area contributed by atoms with Crippen LogP contribution in [-0.4, -0.2) is 17.8 Å². The molecular formula is C23H27NO3. The maximum absolute atomic E-state index is 13.3. The summed E-state index contributed by atoms with van der Waals surface area (Å²) < 4.78 is 6.01. The van der Waals surface area contributed by atoms with Crippen molar-refractivity contribution in [3.8, 4) is 5.75 Å². The van der Waals surface area contributed by atoms with Gasteiger partial charge >= 0.3 is 0 Å². The third kappa shape index (κ3) is 3.75. The molecule has 0 N–H and O–H groups in total. The van der Waals surface area contributed by atoms with Crippen LogP contribution in [0, 0.1) is 5.92 Å². The average Bonchev–Trinajstić information content (AvgIpc) is 2.67. The van der Waals surface area contributed by atoms with E-state index in [0.717, 1.165) is 12.0 Å². The molecule has 0 spiro atoms. The van der Waals surface area contributed by atoms with E-state index in [1.165, 1.54) is 0 Å². The summed E-state index contributed by atoms with van der Waals surface area (Å²) in [7, 11) is 0. The number of hydrogen-bond acceptors (Lipinski definition) is 3. The molecule has 0 aromatic heterocycles. The Bertz CT molecular complexity index is 829. The first-order valence-electron chi connectivity index (χ1n) is 9.66. The topological polar surface area (TPSA) is 46.6 Å². The second kappa shape index (κ2) is 7.95. The van der Waals surface area contributed by atoms with Crippen LogP contribution in [0.1, 0.15) is 62.5 Å². The molecule has 2 unspecified atom stereocenters. The Balaban J connectivity index is 2.08. The molecule has 1 amide bonds. The molecule has 2 aromatic carbocycles. The van der Waals surface area contributed by atoms with Crippen molar-refractivity contribution in [1.29, 1.82) is 0 Å². The van der Waals surface area contributed by atoms with Crippen molar-refractivity contribution >= 4 is 17.4 Å². The van der Waals surface area contributed by atoms with Gasteiger partial charge in [0.05, 0.1) is 11.7 Å². The minimum Gasteiger partial charge on any atom is -0.478 e. The number of carbonyl (C=O) groups is 2. The van der Waals surface area contributed by atoms with E-state index < -0.39 is 6.10 Å². The highest BCUT2D eigenvalue weighted by Gasteiger charge is 2.39. The van der Waals surface area contributed by atoms with E-state index in [-0.39, 0.29) is 23.7 Å². The lowest BCUT2D eigenvalue weighted by Crippen LogP contribution is -2.49. The number of ether oxygens (including phenoxy) is 1. The summed E-state index contributed by atoms with van der Waals surface area (Å²) in [5.74, 6) is 0.738. The highest BCUT2D eigenvalue weighted by Crippen LogP contribution is 2.41. The maximum Gasteiger partial charge on any atom is 0.268 e. The van der Waals surface area contributed by atoms with Gasteiger partial charge in [-0.25, -0.2) is 0 Å². The van der Waals surface area contributed by atoms with Gasteiger partial charge in [-0.1, -0.05) is 51.1 Å². The molecular weight excluding hydrogens is 338 g/mol. The van der Waals surface area contributed by atoms with Gasteiger partial charge < -0.3 is 4.74 Å². The lowest BCUT2D eigenvalue weighted by atomic mass is 9.97. The van der Waals surface area contributed by atoms with Crippen LogP contribution in [0.25, 0.3) is 0 Å². The van der Waals surface area contributed by atoms with E-state index in [0.29, 0.717) is 23.4 Å². The molecule has 142 valence electrons. The van der Waals surface area contributed by atoms with Gasteiger partial charge in [0.25, 0.3) is 5.91 Å². The standard InChI is InChI=1S/C23H27NO3/c1-5-9-20(25)18-12-13-21-19(14-18)24(23(26)22(27-21)15(2)3)16(4)17-10-7-6-8-11-17/h6-8,10-16,22H,5,9H2,1-4H3. The monoisotopic (exact) mass is 365 g/mol. The minimum atomic E-state index is -0.527. The lowest BCUT2D eigenvalue weighted by Gasteiger charge is -2.39. The Morgan fingerprint density at radius 2 is 1.81 bits per heavy atom. The smallest absolute Gasteiger partial charge is 0.268 e. The first-order chi connectivity index (χ1) is 12.9. The van der Waals surface area contributed by atoms with Crippen LogP contribution in [0.3, 0.4) is 0 Å². The Labute approximate surface area is 161 Å². The normalized spacial score (nSPS) is 17.4.